The fourth-order valence-electron chi connectivity index (χ4n) is 2.52. The Morgan fingerprint density at radius 1 is 1.50 bits per heavy atom. The minimum absolute atomic E-state index is 0. The number of nitrogens with two attached hydrogens (primary N) is 1. The Morgan fingerprint density at radius 3 is 2.65 bits per heavy atom. The van der Waals surface area contributed by atoms with Crippen LogP contribution in [0.3, 0.4) is 0 Å². The molecule has 1 fully saturated rings. The summed E-state index contributed by atoms with van der Waals surface area (Å²) < 4.78 is 0. The van der Waals surface area contributed by atoms with Gasteiger partial charge in [-0.05, 0) is 26.2 Å². The summed E-state index contributed by atoms with van der Waals surface area (Å²) in [6.07, 6.45) is 7.38. The highest BCUT2D eigenvalue weighted by atomic mass is 35.5. The monoisotopic (exact) mass is 339 g/mol. The zero-order valence-electron chi connectivity index (χ0n) is 11.6. The molecule has 1 atom stereocenters. The van der Waals surface area contributed by atoms with Gasteiger partial charge in [0.25, 0.3) is 0 Å². The molecule has 3 N–H and O–H groups in total. The molecule has 4 nitrogen and oxygen atoms in total. The number of rotatable bonds is 5. The van der Waals surface area contributed by atoms with E-state index in [1.54, 1.807) is 11.3 Å². The van der Waals surface area contributed by atoms with Gasteiger partial charge in [-0.25, -0.2) is 4.98 Å². The Bertz CT molecular complexity index is 392. The standard InChI is InChI=1S/C13H21N3OS.2ClH/c1-10(14)4-5-11(17)16-13(6-2-3-7-13)12-15-8-9-18-12;;/h8-10H,2-7,14H2,1H3,(H,16,17);2*1H. The highest BCUT2D eigenvalue weighted by Gasteiger charge is 2.39. The number of amides is 1. The first-order chi connectivity index (χ1) is 8.62. The van der Waals surface area contributed by atoms with Gasteiger partial charge in [-0.3, -0.25) is 4.79 Å². The molecule has 1 aliphatic carbocycles. The molecule has 1 aromatic rings. The highest BCUT2D eigenvalue weighted by molar-refractivity contribution is 7.09. The lowest BCUT2D eigenvalue weighted by molar-refractivity contribution is -0.123. The van der Waals surface area contributed by atoms with Gasteiger partial charge < -0.3 is 11.1 Å². The third-order valence-electron chi connectivity index (χ3n) is 3.50. The maximum atomic E-state index is 12.0. The first-order valence-corrected chi connectivity index (χ1v) is 7.47. The predicted octanol–water partition coefficient (Wildman–Crippen LogP) is 3.00. The topological polar surface area (TPSA) is 68.0 Å². The van der Waals surface area contributed by atoms with Gasteiger partial charge in [-0.1, -0.05) is 12.8 Å². The number of nitrogens with zero attached hydrogens (tertiary/aromatic N) is 1. The molecule has 116 valence electrons. The lowest BCUT2D eigenvalue weighted by Crippen LogP contribution is -2.44. The Hall–Kier alpha value is -0.360. The van der Waals surface area contributed by atoms with Crippen LogP contribution < -0.4 is 11.1 Å². The van der Waals surface area contributed by atoms with Crippen LogP contribution >= 0.6 is 36.2 Å². The van der Waals surface area contributed by atoms with Crippen LogP contribution in [0.2, 0.25) is 0 Å². The van der Waals surface area contributed by atoms with Crippen molar-refractivity contribution in [1.29, 1.82) is 0 Å². The molecular formula is C13H23Cl2N3OS. The number of carbonyl (C=O) groups excluding carboxylic acids is 1. The van der Waals surface area contributed by atoms with Gasteiger partial charge in [-0.15, -0.1) is 36.2 Å². The van der Waals surface area contributed by atoms with Crippen molar-refractivity contribution in [1.82, 2.24) is 10.3 Å². The molecule has 2 rings (SSSR count). The number of aromatic nitrogens is 1. The number of thiazole rings is 1. The summed E-state index contributed by atoms with van der Waals surface area (Å²) in [5.74, 6) is 0.101. The second-order valence-electron chi connectivity index (χ2n) is 5.19. The number of halogens is 2. The van der Waals surface area contributed by atoms with E-state index in [4.69, 9.17) is 5.73 Å². The number of nitrogens with one attached hydrogen (secondary N) is 1. The maximum absolute atomic E-state index is 12.0. The van der Waals surface area contributed by atoms with Crippen LogP contribution in [-0.4, -0.2) is 16.9 Å². The fraction of sp³-hybridized carbons (Fsp3) is 0.692. The second-order valence-corrected chi connectivity index (χ2v) is 6.09. The van der Waals surface area contributed by atoms with E-state index in [-0.39, 0.29) is 42.3 Å². The normalized spacial score (nSPS) is 17.7. The quantitative estimate of drug-likeness (QED) is 0.866. The summed E-state index contributed by atoms with van der Waals surface area (Å²) in [6.45, 7) is 1.93. The zero-order valence-corrected chi connectivity index (χ0v) is 14.1. The summed E-state index contributed by atoms with van der Waals surface area (Å²) in [5, 5.41) is 6.23. The van der Waals surface area contributed by atoms with E-state index in [1.165, 1.54) is 0 Å². The van der Waals surface area contributed by atoms with Crippen molar-refractivity contribution in [2.45, 2.75) is 57.0 Å². The van der Waals surface area contributed by atoms with Gasteiger partial charge in [0.15, 0.2) is 0 Å². The summed E-state index contributed by atoms with van der Waals surface area (Å²) in [6, 6.07) is 0.0788. The molecule has 20 heavy (non-hydrogen) atoms. The Balaban J connectivity index is 0.00000180. The van der Waals surface area contributed by atoms with E-state index in [9.17, 15) is 4.79 Å². The first-order valence-electron chi connectivity index (χ1n) is 6.59. The molecule has 0 aliphatic heterocycles. The van der Waals surface area contributed by atoms with Crippen molar-refractivity contribution >= 4 is 42.1 Å². The van der Waals surface area contributed by atoms with Crippen LogP contribution in [0.25, 0.3) is 0 Å². The van der Waals surface area contributed by atoms with Crippen molar-refractivity contribution in [3.05, 3.63) is 16.6 Å². The minimum atomic E-state index is -0.205. The van der Waals surface area contributed by atoms with E-state index in [0.717, 1.165) is 37.1 Å². The summed E-state index contributed by atoms with van der Waals surface area (Å²) in [7, 11) is 0. The van der Waals surface area contributed by atoms with Gasteiger partial charge in [0.05, 0.1) is 5.54 Å². The Kier molecular flexibility index (Phi) is 8.66. The van der Waals surface area contributed by atoms with E-state index < -0.39 is 0 Å². The second kappa shape index (κ2) is 8.82. The average molecular weight is 340 g/mol. The van der Waals surface area contributed by atoms with Crippen LogP contribution in [0.4, 0.5) is 0 Å². The van der Waals surface area contributed by atoms with Gasteiger partial charge in [0, 0.05) is 24.0 Å². The predicted molar refractivity (Wildman–Crippen MR) is 87.8 cm³/mol. The largest absolute Gasteiger partial charge is 0.344 e. The SMILES string of the molecule is CC(N)CCC(=O)NC1(c2nccs2)CCCC1.Cl.Cl. The Labute approximate surface area is 136 Å². The number of hydrogen-bond donors (Lipinski definition) is 2. The maximum Gasteiger partial charge on any atom is 0.220 e. The minimum Gasteiger partial charge on any atom is -0.344 e. The van der Waals surface area contributed by atoms with Crippen LogP contribution in [0.5, 0.6) is 0 Å². The van der Waals surface area contributed by atoms with Gasteiger partial charge in [0.2, 0.25) is 5.91 Å². The third-order valence-corrected chi connectivity index (χ3v) is 4.48. The van der Waals surface area contributed by atoms with Crippen LogP contribution in [0.15, 0.2) is 11.6 Å². The third kappa shape index (κ3) is 4.88. The summed E-state index contributed by atoms with van der Waals surface area (Å²) >= 11 is 1.63. The zero-order chi connectivity index (χ0) is 13.0. The molecule has 1 heterocycles. The molecule has 0 aromatic carbocycles. The Morgan fingerprint density at radius 2 is 2.15 bits per heavy atom. The van der Waals surface area contributed by atoms with Crippen molar-refractivity contribution < 1.29 is 4.79 Å². The summed E-state index contributed by atoms with van der Waals surface area (Å²) in [4.78, 5) is 16.4. The molecule has 0 radical (unpaired) electrons. The molecule has 1 aromatic heterocycles. The summed E-state index contributed by atoms with van der Waals surface area (Å²) in [5.41, 5.74) is 5.48. The van der Waals surface area contributed by atoms with E-state index >= 15 is 0 Å². The molecule has 0 spiro atoms. The molecule has 7 heteroatoms. The molecule has 1 unspecified atom stereocenters. The molecule has 0 bridgehead atoms. The lowest BCUT2D eigenvalue weighted by atomic mass is 9.98. The number of carbonyl (C=O) groups is 1. The van der Waals surface area contributed by atoms with Crippen molar-refractivity contribution in [2.24, 2.45) is 5.73 Å². The highest BCUT2D eigenvalue weighted by Crippen LogP contribution is 2.39. The molecule has 1 amide bonds. The lowest BCUT2D eigenvalue weighted by Gasteiger charge is -2.28. The smallest absolute Gasteiger partial charge is 0.220 e. The van der Waals surface area contributed by atoms with E-state index in [2.05, 4.69) is 10.3 Å². The molecule has 1 aliphatic rings. The molecular weight excluding hydrogens is 317 g/mol. The van der Waals surface area contributed by atoms with Crippen molar-refractivity contribution in [3.8, 4) is 0 Å². The van der Waals surface area contributed by atoms with Crippen molar-refractivity contribution in [2.75, 3.05) is 0 Å². The van der Waals surface area contributed by atoms with E-state index in [0.29, 0.717) is 6.42 Å². The van der Waals surface area contributed by atoms with Crippen LogP contribution in [0.1, 0.15) is 50.5 Å². The van der Waals surface area contributed by atoms with Crippen LogP contribution in [0, 0.1) is 0 Å². The van der Waals surface area contributed by atoms with Gasteiger partial charge >= 0.3 is 0 Å². The fourth-order valence-corrected chi connectivity index (χ4v) is 3.37. The molecule has 1 saturated carbocycles. The van der Waals surface area contributed by atoms with Crippen LogP contribution in [-0.2, 0) is 10.3 Å². The first kappa shape index (κ1) is 19.6. The average Bonchev–Trinajstić information content (AvgIpc) is 2.97. The van der Waals surface area contributed by atoms with Crippen molar-refractivity contribution in [3.63, 3.8) is 0 Å². The molecule has 0 saturated heterocycles. The number of hydrogen-bond acceptors (Lipinski definition) is 4. The van der Waals surface area contributed by atoms with Gasteiger partial charge in [-0.2, -0.15) is 0 Å². The van der Waals surface area contributed by atoms with Gasteiger partial charge in [0.1, 0.15) is 5.01 Å². The van der Waals surface area contributed by atoms with E-state index in [1.807, 2.05) is 18.5 Å².